The Morgan fingerprint density at radius 3 is 2.32 bits per heavy atom. The Labute approximate surface area is 265 Å². The second-order valence-corrected chi connectivity index (χ2v) is 16.3. The zero-order chi connectivity index (χ0) is 32.7. The lowest BCUT2D eigenvalue weighted by Gasteiger charge is -2.60. The quantitative estimate of drug-likeness (QED) is 0.0850. The number of esters is 1. The SMILES string of the molecule is CC(=O)OC(C)(C)CCCCC1CCC2C3=C(CCC12C)C1(C)CCC(OC(OC(CO)C(C)O)C(O)O)C(C)(C)C1CC3. The van der Waals surface area contributed by atoms with Crippen LogP contribution in [0.15, 0.2) is 11.1 Å². The van der Waals surface area contributed by atoms with Crippen molar-refractivity contribution in [2.75, 3.05) is 6.61 Å². The van der Waals surface area contributed by atoms with Gasteiger partial charge in [0, 0.05) is 6.92 Å². The van der Waals surface area contributed by atoms with E-state index in [4.69, 9.17) is 14.2 Å². The molecule has 0 aromatic rings. The molecule has 0 radical (unpaired) electrons. The highest BCUT2D eigenvalue weighted by molar-refractivity contribution is 5.66. The van der Waals surface area contributed by atoms with Crippen LogP contribution in [0.25, 0.3) is 0 Å². The third-order valence-corrected chi connectivity index (χ3v) is 12.6. The summed E-state index contributed by atoms with van der Waals surface area (Å²) < 4.78 is 17.4. The molecule has 2 saturated carbocycles. The lowest BCUT2D eigenvalue weighted by atomic mass is 9.46. The molecular weight excluding hydrogens is 560 g/mol. The molecule has 0 bridgehead atoms. The molecule has 2 fully saturated rings. The van der Waals surface area contributed by atoms with Crippen LogP contribution < -0.4 is 0 Å². The van der Waals surface area contributed by atoms with Crippen LogP contribution in [0.3, 0.4) is 0 Å². The number of rotatable bonds is 13. The minimum Gasteiger partial charge on any atom is -0.460 e. The van der Waals surface area contributed by atoms with Crippen molar-refractivity contribution >= 4 is 5.97 Å². The van der Waals surface area contributed by atoms with E-state index >= 15 is 0 Å². The smallest absolute Gasteiger partial charge is 0.303 e. The second kappa shape index (κ2) is 13.6. The van der Waals surface area contributed by atoms with Crippen LogP contribution in [0.5, 0.6) is 0 Å². The monoisotopic (exact) mass is 622 g/mol. The summed E-state index contributed by atoms with van der Waals surface area (Å²) in [6, 6.07) is 0. The van der Waals surface area contributed by atoms with E-state index in [1.54, 1.807) is 11.1 Å². The summed E-state index contributed by atoms with van der Waals surface area (Å²) in [6.07, 6.45) is 8.07. The molecule has 0 aromatic carbocycles. The van der Waals surface area contributed by atoms with Crippen LogP contribution in [-0.4, -0.2) is 69.5 Å². The van der Waals surface area contributed by atoms with E-state index in [2.05, 4.69) is 27.7 Å². The molecule has 0 heterocycles. The molecule has 44 heavy (non-hydrogen) atoms. The highest BCUT2D eigenvalue weighted by Crippen LogP contribution is 2.68. The number of unbranched alkanes of at least 4 members (excludes halogenated alkanes) is 1. The first-order valence-corrected chi connectivity index (χ1v) is 17.3. The van der Waals surface area contributed by atoms with Gasteiger partial charge in [0.05, 0.1) is 18.8 Å². The molecule has 9 atom stereocenters. The maximum atomic E-state index is 11.4. The zero-order valence-corrected chi connectivity index (χ0v) is 28.7. The molecule has 9 unspecified atom stereocenters. The highest BCUT2D eigenvalue weighted by Gasteiger charge is 2.59. The molecular formula is C36H62O8. The van der Waals surface area contributed by atoms with Crippen molar-refractivity contribution in [2.45, 2.75) is 169 Å². The molecule has 0 spiro atoms. The number of ether oxygens (including phenoxy) is 3. The average molecular weight is 623 g/mol. The van der Waals surface area contributed by atoms with Crippen LogP contribution in [-0.2, 0) is 19.0 Å². The van der Waals surface area contributed by atoms with Gasteiger partial charge in [-0.05, 0) is 125 Å². The zero-order valence-electron chi connectivity index (χ0n) is 28.7. The van der Waals surface area contributed by atoms with Crippen LogP contribution in [0.4, 0.5) is 0 Å². The maximum Gasteiger partial charge on any atom is 0.303 e. The van der Waals surface area contributed by atoms with Crippen molar-refractivity contribution < 1.29 is 39.4 Å². The van der Waals surface area contributed by atoms with E-state index in [1.165, 1.54) is 52.4 Å². The fourth-order valence-electron chi connectivity index (χ4n) is 10.3. The molecule has 254 valence electrons. The Balaban J connectivity index is 1.44. The number of aliphatic hydroxyl groups excluding tert-OH is 3. The number of hydrogen-bond donors (Lipinski definition) is 4. The largest absolute Gasteiger partial charge is 0.460 e. The van der Waals surface area contributed by atoms with Gasteiger partial charge < -0.3 is 34.6 Å². The summed E-state index contributed by atoms with van der Waals surface area (Å²) in [5.74, 6) is 1.61. The van der Waals surface area contributed by atoms with Gasteiger partial charge in [-0.3, -0.25) is 4.79 Å². The van der Waals surface area contributed by atoms with Gasteiger partial charge >= 0.3 is 5.97 Å². The van der Waals surface area contributed by atoms with Gasteiger partial charge in [-0.1, -0.05) is 45.3 Å². The molecule has 8 heteroatoms. The van der Waals surface area contributed by atoms with Gasteiger partial charge in [0.2, 0.25) is 12.6 Å². The minimum atomic E-state index is -1.88. The number of aliphatic hydroxyl groups is 4. The van der Waals surface area contributed by atoms with E-state index in [1.807, 2.05) is 13.8 Å². The third-order valence-electron chi connectivity index (χ3n) is 12.6. The fourth-order valence-corrected chi connectivity index (χ4v) is 10.3. The van der Waals surface area contributed by atoms with Gasteiger partial charge in [-0.25, -0.2) is 0 Å². The second-order valence-electron chi connectivity index (χ2n) is 16.3. The van der Waals surface area contributed by atoms with Crippen LogP contribution in [0, 0.1) is 34.0 Å². The van der Waals surface area contributed by atoms with E-state index < -0.39 is 37.0 Å². The molecule has 0 amide bonds. The van der Waals surface area contributed by atoms with Gasteiger partial charge in [0.1, 0.15) is 11.7 Å². The molecule has 4 aliphatic rings. The number of fused-ring (bicyclic) bond motifs is 4. The van der Waals surface area contributed by atoms with E-state index in [9.17, 15) is 25.2 Å². The predicted molar refractivity (Wildman–Crippen MR) is 169 cm³/mol. The van der Waals surface area contributed by atoms with Gasteiger partial charge in [0.15, 0.2) is 0 Å². The topological polar surface area (TPSA) is 126 Å². The summed E-state index contributed by atoms with van der Waals surface area (Å²) in [5.41, 5.74) is 3.30. The van der Waals surface area contributed by atoms with Crippen LogP contribution in [0.1, 0.15) is 132 Å². The summed E-state index contributed by atoms with van der Waals surface area (Å²) in [7, 11) is 0. The Kier molecular flexibility index (Phi) is 11.1. The van der Waals surface area contributed by atoms with Crippen molar-refractivity contribution in [3.8, 4) is 0 Å². The van der Waals surface area contributed by atoms with Crippen molar-refractivity contribution in [3.05, 3.63) is 11.1 Å². The Morgan fingerprint density at radius 2 is 1.70 bits per heavy atom. The van der Waals surface area contributed by atoms with Crippen molar-refractivity contribution in [2.24, 2.45) is 34.0 Å². The van der Waals surface area contributed by atoms with Crippen molar-refractivity contribution in [1.29, 1.82) is 0 Å². The summed E-state index contributed by atoms with van der Waals surface area (Å²) in [4.78, 5) is 11.4. The molecule has 0 saturated heterocycles. The van der Waals surface area contributed by atoms with E-state index in [0.29, 0.717) is 17.3 Å². The molecule has 4 aliphatic carbocycles. The van der Waals surface area contributed by atoms with Gasteiger partial charge in [-0.15, -0.1) is 0 Å². The summed E-state index contributed by atoms with van der Waals surface area (Å²) >= 11 is 0. The Morgan fingerprint density at radius 1 is 1.00 bits per heavy atom. The van der Waals surface area contributed by atoms with E-state index in [0.717, 1.165) is 44.4 Å². The first-order valence-electron chi connectivity index (χ1n) is 17.3. The lowest BCUT2D eigenvalue weighted by Crippen LogP contribution is -2.56. The number of hydrogen-bond acceptors (Lipinski definition) is 8. The average Bonchev–Trinajstić information content (AvgIpc) is 3.25. The molecule has 4 N–H and O–H groups in total. The maximum absolute atomic E-state index is 11.4. The molecule has 4 rings (SSSR count). The molecule has 8 nitrogen and oxygen atoms in total. The number of carbonyl (C=O) groups is 1. The van der Waals surface area contributed by atoms with Gasteiger partial charge in [0.25, 0.3) is 0 Å². The fraction of sp³-hybridized carbons (Fsp3) is 0.917. The number of allylic oxidation sites excluding steroid dienone is 2. The normalized spacial score (nSPS) is 35.5. The molecule has 0 aliphatic heterocycles. The summed E-state index contributed by atoms with van der Waals surface area (Å²) in [5, 5.41) is 39.7. The van der Waals surface area contributed by atoms with Gasteiger partial charge in [-0.2, -0.15) is 0 Å². The van der Waals surface area contributed by atoms with Crippen molar-refractivity contribution in [3.63, 3.8) is 0 Å². The minimum absolute atomic E-state index is 0.0973. The van der Waals surface area contributed by atoms with Crippen molar-refractivity contribution in [1.82, 2.24) is 0 Å². The van der Waals surface area contributed by atoms with Crippen LogP contribution >= 0.6 is 0 Å². The predicted octanol–water partition coefficient (Wildman–Crippen LogP) is 6.03. The first-order chi connectivity index (χ1) is 20.5. The Hall–Kier alpha value is -1.03. The Bertz CT molecular complexity index is 1030. The molecule has 0 aromatic heterocycles. The standard InChI is InChI=1S/C36H62O8/c1-22(38)28(21-37)42-32(31(40)41)43-30-17-20-36(8)27-16-19-35(7)24(11-9-10-18-33(3,4)44-23(2)39)12-14-26(35)25(27)13-15-29(36)34(30,5)6/h22,24,26,28-32,37-38,40-41H,9-21H2,1-8H3. The summed E-state index contributed by atoms with van der Waals surface area (Å²) in [6.45, 7) is 16.1. The number of carbonyl (C=O) groups excluding carboxylic acids is 1. The first kappa shape index (κ1) is 35.8. The van der Waals surface area contributed by atoms with E-state index in [-0.39, 0.29) is 22.9 Å². The van der Waals surface area contributed by atoms with Crippen LogP contribution in [0.2, 0.25) is 0 Å². The third kappa shape index (κ3) is 7.11. The lowest BCUT2D eigenvalue weighted by molar-refractivity contribution is -0.312. The highest BCUT2D eigenvalue weighted by atomic mass is 16.7.